The molecule has 0 amide bonds. The summed E-state index contributed by atoms with van der Waals surface area (Å²) in [5.74, 6) is 1.94. The van der Waals surface area contributed by atoms with Crippen molar-refractivity contribution in [3.8, 4) is 0 Å². The Bertz CT molecular complexity index is 487. The minimum atomic E-state index is -3.60. The molecule has 0 aliphatic carbocycles. The highest BCUT2D eigenvalue weighted by Crippen LogP contribution is 2.38. The second-order valence-electron chi connectivity index (χ2n) is 4.83. The van der Waals surface area contributed by atoms with Gasteiger partial charge in [0.15, 0.2) is 0 Å². The zero-order valence-electron chi connectivity index (χ0n) is 9.97. The molecule has 0 atom stereocenters. The van der Waals surface area contributed by atoms with Crippen molar-refractivity contribution in [1.82, 2.24) is 0 Å². The fraction of sp³-hybridized carbons (Fsp3) is 0.500. The number of aryl methyl sites for hydroxylation is 1. The van der Waals surface area contributed by atoms with Crippen LogP contribution in [-0.4, -0.2) is 26.5 Å². The molecular weight excluding hydrogens is 256 g/mol. The highest BCUT2D eigenvalue weighted by Gasteiger charge is 2.34. The fourth-order valence-corrected chi connectivity index (χ4v) is 3.64. The molecule has 0 unspecified atom stereocenters. The molecule has 1 aromatic rings. The number of hydrogen-bond acceptors (Lipinski definition) is 4. The third-order valence-corrected chi connectivity index (χ3v) is 5.85. The lowest BCUT2D eigenvalue weighted by atomic mass is 9.97. The van der Waals surface area contributed by atoms with Crippen molar-refractivity contribution < 1.29 is 12.6 Å². The number of rotatable bonds is 4. The van der Waals surface area contributed by atoms with Crippen molar-refractivity contribution in [1.29, 1.82) is 0 Å². The second-order valence-corrected chi connectivity index (χ2v) is 7.43. The summed E-state index contributed by atoms with van der Waals surface area (Å²) in [4.78, 5) is 0.235. The van der Waals surface area contributed by atoms with E-state index in [0.717, 1.165) is 17.1 Å². The van der Waals surface area contributed by atoms with Crippen LogP contribution < -0.4 is 0 Å². The average molecular weight is 272 g/mol. The molecule has 0 aromatic heterocycles. The molecule has 5 heteroatoms. The van der Waals surface area contributed by atoms with Gasteiger partial charge in [-0.2, -0.15) is 20.2 Å². The van der Waals surface area contributed by atoms with Crippen LogP contribution in [0.4, 0.5) is 0 Å². The molecule has 0 saturated carbocycles. The maximum absolute atomic E-state index is 11.9. The fourth-order valence-electron chi connectivity index (χ4n) is 1.53. The van der Waals surface area contributed by atoms with E-state index in [-0.39, 0.29) is 16.9 Å². The van der Waals surface area contributed by atoms with E-state index in [2.05, 4.69) is 0 Å². The Kier molecular flexibility index (Phi) is 3.52. The van der Waals surface area contributed by atoms with Crippen LogP contribution in [0.3, 0.4) is 0 Å². The molecule has 1 fully saturated rings. The summed E-state index contributed by atoms with van der Waals surface area (Å²) < 4.78 is 28.9. The second kappa shape index (κ2) is 4.63. The molecule has 2 rings (SSSR count). The zero-order chi connectivity index (χ0) is 12.5. The lowest BCUT2D eigenvalue weighted by Gasteiger charge is -2.36. The van der Waals surface area contributed by atoms with Crippen molar-refractivity contribution >= 4 is 21.9 Å². The van der Waals surface area contributed by atoms with Crippen molar-refractivity contribution in [2.24, 2.45) is 5.41 Å². The SMILES string of the molecule is Cc1ccc(S(=O)(=O)OCC2(C)CSC2)cc1. The summed E-state index contributed by atoms with van der Waals surface area (Å²) in [5.41, 5.74) is 1.05. The Balaban J connectivity index is 2.06. The maximum Gasteiger partial charge on any atom is 0.296 e. The average Bonchev–Trinajstić information content (AvgIpc) is 2.24. The van der Waals surface area contributed by atoms with Crippen molar-refractivity contribution in [2.45, 2.75) is 18.7 Å². The summed E-state index contributed by atoms with van der Waals surface area (Å²) in [6, 6.07) is 6.72. The van der Waals surface area contributed by atoms with Crippen LogP contribution in [0.2, 0.25) is 0 Å². The predicted molar refractivity (Wildman–Crippen MR) is 69.7 cm³/mol. The Morgan fingerprint density at radius 2 is 1.88 bits per heavy atom. The lowest BCUT2D eigenvalue weighted by molar-refractivity contribution is 0.202. The van der Waals surface area contributed by atoms with E-state index in [9.17, 15) is 8.42 Å². The van der Waals surface area contributed by atoms with Gasteiger partial charge in [-0.25, -0.2) is 0 Å². The first-order chi connectivity index (χ1) is 7.91. The quantitative estimate of drug-likeness (QED) is 0.790. The van der Waals surface area contributed by atoms with Crippen LogP contribution in [0.5, 0.6) is 0 Å². The summed E-state index contributed by atoms with van der Waals surface area (Å²) in [6.07, 6.45) is 0. The van der Waals surface area contributed by atoms with E-state index in [1.165, 1.54) is 0 Å². The van der Waals surface area contributed by atoms with Crippen LogP contribution in [0.1, 0.15) is 12.5 Å². The molecule has 1 aromatic carbocycles. The highest BCUT2D eigenvalue weighted by atomic mass is 32.2. The van der Waals surface area contributed by atoms with E-state index in [4.69, 9.17) is 4.18 Å². The van der Waals surface area contributed by atoms with E-state index in [0.29, 0.717) is 0 Å². The van der Waals surface area contributed by atoms with Gasteiger partial charge in [0.25, 0.3) is 10.1 Å². The van der Waals surface area contributed by atoms with Crippen LogP contribution in [-0.2, 0) is 14.3 Å². The van der Waals surface area contributed by atoms with Gasteiger partial charge in [-0.15, -0.1) is 0 Å². The van der Waals surface area contributed by atoms with Crippen LogP contribution in [0.25, 0.3) is 0 Å². The molecule has 0 radical (unpaired) electrons. The number of thioether (sulfide) groups is 1. The first kappa shape index (κ1) is 12.9. The first-order valence-electron chi connectivity index (χ1n) is 5.45. The molecule has 0 bridgehead atoms. The van der Waals surface area contributed by atoms with Crippen molar-refractivity contribution in [3.63, 3.8) is 0 Å². The lowest BCUT2D eigenvalue weighted by Crippen LogP contribution is -2.37. The van der Waals surface area contributed by atoms with Crippen molar-refractivity contribution in [2.75, 3.05) is 18.1 Å². The summed E-state index contributed by atoms with van der Waals surface area (Å²) in [5, 5.41) is 0. The van der Waals surface area contributed by atoms with Gasteiger partial charge in [0.1, 0.15) is 0 Å². The van der Waals surface area contributed by atoms with Crippen LogP contribution >= 0.6 is 11.8 Å². The van der Waals surface area contributed by atoms with E-state index < -0.39 is 10.1 Å². The van der Waals surface area contributed by atoms with E-state index in [1.807, 2.05) is 25.6 Å². The topological polar surface area (TPSA) is 43.4 Å². The first-order valence-corrected chi connectivity index (χ1v) is 8.02. The van der Waals surface area contributed by atoms with Gasteiger partial charge >= 0.3 is 0 Å². The third-order valence-electron chi connectivity index (χ3n) is 2.77. The molecule has 0 spiro atoms. The number of hydrogen-bond donors (Lipinski definition) is 0. The van der Waals surface area contributed by atoms with E-state index in [1.54, 1.807) is 24.3 Å². The van der Waals surface area contributed by atoms with Crippen LogP contribution in [0, 0.1) is 12.3 Å². The standard InChI is InChI=1S/C12H16O3S2/c1-10-3-5-11(6-4-10)17(13,14)15-7-12(2)8-16-9-12/h3-6H,7-9H2,1-2H3. The molecule has 0 N–H and O–H groups in total. The Labute approximate surface area is 107 Å². The highest BCUT2D eigenvalue weighted by molar-refractivity contribution is 8.00. The number of benzene rings is 1. The summed E-state index contributed by atoms with van der Waals surface area (Å²) >= 11 is 1.82. The molecule has 1 saturated heterocycles. The van der Waals surface area contributed by atoms with Gasteiger partial charge in [-0.3, -0.25) is 4.18 Å². The Morgan fingerprint density at radius 3 is 2.35 bits per heavy atom. The zero-order valence-corrected chi connectivity index (χ0v) is 11.6. The van der Waals surface area contributed by atoms with Gasteiger partial charge in [0.2, 0.25) is 0 Å². The predicted octanol–water partition coefficient (Wildman–Crippen LogP) is 2.45. The minimum absolute atomic E-state index is 0.0163. The van der Waals surface area contributed by atoms with Gasteiger partial charge in [-0.05, 0) is 19.1 Å². The third kappa shape index (κ3) is 3.03. The van der Waals surface area contributed by atoms with Crippen molar-refractivity contribution in [3.05, 3.63) is 29.8 Å². The summed E-state index contributed by atoms with van der Waals surface area (Å²) in [6.45, 7) is 4.24. The normalized spacial score (nSPS) is 18.7. The van der Waals surface area contributed by atoms with Gasteiger partial charge in [0, 0.05) is 16.9 Å². The van der Waals surface area contributed by atoms with E-state index >= 15 is 0 Å². The molecule has 1 aliphatic heterocycles. The molecule has 1 heterocycles. The van der Waals surface area contributed by atoms with Gasteiger partial charge in [-0.1, -0.05) is 24.6 Å². The molecule has 1 aliphatic rings. The largest absolute Gasteiger partial charge is 0.296 e. The van der Waals surface area contributed by atoms with Crippen LogP contribution in [0.15, 0.2) is 29.2 Å². The van der Waals surface area contributed by atoms with Gasteiger partial charge < -0.3 is 0 Å². The summed E-state index contributed by atoms with van der Waals surface area (Å²) in [7, 11) is -3.60. The molecule has 3 nitrogen and oxygen atoms in total. The smallest absolute Gasteiger partial charge is 0.266 e. The van der Waals surface area contributed by atoms with Gasteiger partial charge in [0.05, 0.1) is 11.5 Å². The molecule has 17 heavy (non-hydrogen) atoms. The Morgan fingerprint density at radius 1 is 1.29 bits per heavy atom. The molecular formula is C12H16O3S2. The minimum Gasteiger partial charge on any atom is -0.266 e. The maximum atomic E-state index is 11.9. The monoisotopic (exact) mass is 272 g/mol. The molecule has 94 valence electrons. The Hall–Kier alpha value is -0.520.